The number of carbonyl (C=O) groups excluding carboxylic acids is 1. The summed E-state index contributed by atoms with van der Waals surface area (Å²) in [6.07, 6.45) is -1.55. The molecule has 2 amide bonds. The molecule has 0 aliphatic heterocycles. The second-order valence-corrected chi connectivity index (χ2v) is 8.12. The lowest BCUT2D eigenvalue weighted by Gasteiger charge is -2.16. The first-order valence-corrected chi connectivity index (χ1v) is 11.3. The van der Waals surface area contributed by atoms with E-state index in [0.717, 1.165) is 12.1 Å². The van der Waals surface area contributed by atoms with Crippen LogP contribution in [0.5, 0.6) is 17.2 Å². The molecule has 0 aliphatic carbocycles. The molecule has 2 heterocycles. The van der Waals surface area contributed by atoms with Crippen molar-refractivity contribution in [1.29, 1.82) is 0 Å². The Kier molecular flexibility index (Phi) is 7.77. The fourth-order valence-electron chi connectivity index (χ4n) is 3.33. The monoisotopic (exact) mass is 515 g/mol. The molecule has 0 bridgehead atoms. The summed E-state index contributed by atoms with van der Waals surface area (Å²) in [5.41, 5.74) is -0.0494. The lowest BCUT2D eigenvalue weighted by atomic mass is 10.1. The molecule has 2 aromatic carbocycles. The smallest absolute Gasteiger partial charge is 0.420 e. The number of aromatic amines is 1. The highest BCUT2D eigenvalue weighted by atomic mass is 19.4. The van der Waals surface area contributed by atoms with Crippen LogP contribution < -0.4 is 20.1 Å². The first-order chi connectivity index (χ1) is 17.7. The fraction of sp³-hybridized carbons (Fsp3) is 0.240. The van der Waals surface area contributed by atoms with Gasteiger partial charge in [0, 0.05) is 17.6 Å². The van der Waals surface area contributed by atoms with E-state index in [0.29, 0.717) is 28.2 Å². The van der Waals surface area contributed by atoms with Crippen molar-refractivity contribution in [2.24, 2.45) is 0 Å². The van der Waals surface area contributed by atoms with Gasteiger partial charge in [-0.2, -0.15) is 18.3 Å². The lowest BCUT2D eigenvalue weighted by Crippen LogP contribution is -2.20. The summed E-state index contributed by atoms with van der Waals surface area (Å²) in [4.78, 5) is 16.5. The van der Waals surface area contributed by atoms with Crippen LogP contribution in [-0.4, -0.2) is 40.5 Å². The van der Waals surface area contributed by atoms with Crippen LogP contribution in [0.3, 0.4) is 0 Å². The molecular weight excluding hydrogens is 491 g/mol. The van der Waals surface area contributed by atoms with E-state index in [1.165, 1.54) is 6.07 Å². The average molecular weight is 515 g/mol. The molecule has 3 N–H and O–H groups in total. The molecule has 12 heteroatoms. The number of hydrogen-bond donors (Lipinski definition) is 3. The van der Waals surface area contributed by atoms with Gasteiger partial charge in [-0.05, 0) is 62.4 Å². The first-order valence-electron chi connectivity index (χ1n) is 11.3. The fourth-order valence-corrected chi connectivity index (χ4v) is 3.33. The number of H-pyrrole nitrogens is 1. The Bertz CT molecular complexity index is 1360. The van der Waals surface area contributed by atoms with Crippen LogP contribution in [0.4, 0.5) is 29.3 Å². The minimum atomic E-state index is -4.67. The Morgan fingerprint density at radius 2 is 1.73 bits per heavy atom. The first kappa shape index (κ1) is 25.8. The van der Waals surface area contributed by atoms with E-state index in [2.05, 4.69) is 25.8 Å². The Labute approximate surface area is 209 Å². The number of hydrogen-bond acceptors (Lipinski definition) is 6. The van der Waals surface area contributed by atoms with E-state index in [1.807, 2.05) is 13.8 Å². The third-order valence-electron chi connectivity index (χ3n) is 4.99. The van der Waals surface area contributed by atoms with Crippen molar-refractivity contribution in [1.82, 2.24) is 15.2 Å². The maximum atomic E-state index is 13.6. The van der Waals surface area contributed by atoms with E-state index in [1.54, 1.807) is 42.7 Å². The minimum absolute atomic E-state index is 0.0393. The molecule has 2 aromatic heterocycles. The highest BCUT2D eigenvalue weighted by Gasteiger charge is 2.35. The third kappa shape index (κ3) is 6.88. The molecule has 37 heavy (non-hydrogen) atoms. The highest BCUT2D eigenvalue weighted by molar-refractivity contribution is 5.99. The summed E-state index contributed by atoms with van der Waals surface area (Å²) in [5, 5.41) is 12.4. The molecule has 194 valence electrons. The number of rotatable bonds is 9. The van der Waals surface area contributed by atoms with Gasteiger partial charge in [0.25, 0.3) is 0 Å². The maximum absolute atomic E-state index is 13.6. The third-order valence-corrected chi connectivity index (χ3v) is 4.99. The number of aromatic nitrogens is 3. The summed E-state index contributed by atoms with van der Waals surface area (Å²) in [6, 6.07) is 10.8. The number of nitrogens with zero attached hydrogens (tertiary/aromatic N) is 2. The Morgan fingerprint density at radius 1 is 1.00 bits per heavy atom. The van der Waals surface area contributed by atoms with Gasteiger partial charge in [-0.15, -0.1) is 0 Å². The van der Waals surface area contributed by atoms with Gasteiger partial charge in [0.05, 0.1) is 29.9 Å². The van der Waals surface area contributed by atoms with Gasteiger partial charge >= 0.3 is 12.2 Å². The molecule has 0 atom stereocenters. The number of alkyl halides is 3. The number of halogens is 3. The zero-order valence-electron chi connectivity index (χ0n) is 19.9. The second-order valence-electron chi connectivity index (χ2n) is 8.12. The molecule has 0 fully saturated rings. The number of pyridine rings is 1. The molecule has 9 nitrogen and oxygen atoms in total. The minimum Gasteiger partial charge on any atom is -0.491 e. The number of fused-ring (bicyclic) bond motifs is 1. The number of carbonyl (C=O) groups is 1. The van der Waals surface area contributed by atoms with E-state index >= 15 is 0 Å². The highest BCUT2D eigenvalue weighted by Crippen LogP contribution is 2.38. The lowest BCUT2D eigenvalue weighted by molar-refractivity contribution is -0.139. The van der Waals surface area contributed by atoms with Crippen LogP contribution in [0, 0.1) is 0 Å². The summed E-state index contributed by atoms with van der Waals surface area (Å²) >= 11 is 0. The number of nitrogens with one attached hydrogen (secondary N) is 3. The van der Waals surface area contributed by atoms with Crippen LogP contribution in [0.25, 0.3) is 11.0 Å². The summed E-state index contributed by atoms with van der Waals surface area (Å²) in [6.45, 7) is 3.74. The van der Waals surface area contributed by atoms with Gasteiger partial charge in [0.2, 0.25) is 0 Å². The van der Waals surface area contributed by atoms with Gasteiger partial charge in [-0.3, -0.25) is 5.10 Å². The quantitative estimate of drug-likeness (QED) is 0.228. The largest absolute Gasteiger partial charge is 0.491 e. The van der Waals surface area contributed by atoms with Crippen LogP contribution in [0.1, 0.15) is 19.4 Å². The Morgan fingerprint density at radius 3 is 2.46 bits per heavy atom. The summed E-state index contributed by atoms with van der Waals surface area (Å²) < 4.78 is 57.0. The predicted molar refractivity (Wildman–Crippen MR) is 131 cm³/mol. The maximum Gasteiger partial charge on any atom is 0.420 e. The summed E-state index contributed by atoms with van der Waals surface area (Å²) in [5.74, 6) is 0.713. The van der Waals surface area contributed by atoms with Gasteiger partial charge in [0.15, 0.2) is 5.65 Å². The number of urea groups is 1. The topological polar surface area (TPSA) is 110 Å². The number of amides is 2. The normalized spacial score (nSPS) is 11.5. The number of anilines is 2. The molecule has 0 spiro atoms. The molecule has 0 saturated heterocycles. The standard InChI is InChI=1S/C25H24F3N5O4/c1-15(2)35-11-12-36-22-8-5-17(13-20(22)25(26,27)28)32-24(34)31-16-3-6-18(7-4-16)37-21-9-10-29-23-19(21)14-30-33-23/h3-10,13-15H,11-12H2,1-2H3,(H,29,30,33)(H2,31,32,34). The van der Waals surface area contributed by atoms with Crippen molar-refractivity contribution >= 4 is 28.4 Å². The Hall–Kier alpha value is -4.32. The average Bonchev–Trinajstić information content (AvgIpc) is 3.33. The molecule has 0 unspecified atom stereocenters. The van der Waals surface area contributed by atoms with Crippen LogP contribution >= 0.6 is 0 Å². The van der Waals surface area contributed by atoms with Gasteiger partial charge in [-0.25, -0.2) is 9.78 Å². The molecule has 0 saturated carbocycles. The van der Waals surface area contributed by atoms with Crippen molar-refractivity contribution in [3.63, 3.8) is 0 Å². The van der Waals surface area contributed by atoms with Crippen molar-refractivity contribution < 1.29 is 32.2 Å². The van der Waals surface area contributed by atoms with Crippen LogP contribution in [0.2, 0.25) is 0 Å². The van der Waals surface area contributed by atoms with Crippen LogP contribution in [0.15, 0.2) is 60.9 Å². The molecule has 4 rings (SSSR count). The Balaban J connectivity index is 1.37. The molecule has 0 radical (unpaired) electrons. The zero-order chi connectivity index (χ0) is 26.4. The SMILES string of the molecule is CC(C)OCCOc1ccc(NC(=O)Nc2ccc(Oc3ccnc4[nH]ncc34)cc2)cc1C(F)(F)F. The van der Waals surface area contributed by atoms with Crippen molar-refractivity contribution in [3.8, 4) is 17.2 Å². The van der Waals surface area contributed by atoms with Crippen molar-refractivity contribution in [2.45, 2.75) is 26.1 Å². The van der Waals surface area contributed by atoms with E-state index in [4.69, 9.17) is 14.2 Å². The van der Waals surface area contributed by atoms with Crippen molar-refractivity contribution in [3.05, 3.63) is 66.5 Å². The summed E-state index contributed by atoms with van der Waals surface area (Å²) in [7, 11) is 0. The van der Waals surface area contributed by atoms with Gasteiger partial charge in [-0.1, -0.05) is 0 Å². The number of benzene rings is 2. The number of ether oxygens (including phenoxy) is 3. The van der Waals surface area contributed by atoms with E-state index < -0.39 is 17.8 Å². The zero-order valence-corrected chi connectivity index (χ0v) is 19.9. The van der Waals surface area contributed by atoms with Crippen LogP contribution in [-0.2, 0) is 10.9 Å². The van der Waals surface area contributed by atoms with Gasteiger partial charge in [0.1, 0.15) is 23.9 Å². The molecule has 4 aromatic rings. The van der Waals surface area contributed by atoms with E-state index in [9.17, 15) is 18.0 Å². The predicted octanol–water partition coefficient (Wildman–Crippen LogP) is 6.22. The second kappa shape index (κ2) is 11.2. The van der Waals surface area contributed by atoms with Crippen molar-refractivity contribution in [2.75, 3.05) is 23.8 Å². The molecule has 0 aliphatic rings. The molecular formula is C25H24F3N5O4. The van der Waals surface area contributed by atoms with Gasteiger partial charge < -0.3 is 24.8 Å². The van der Waals surface area contributed by atoms with E-state index in [-0.39, 0.29) is 30.8 Å².